The van der Waals surface area contributed by atoms with Crippen LogP contribution in [0.4, 0.5) is 0 Å². The highest BCUT2D eigenvalue weighted by molar-refractivity contribution is 5.47. The third-order valence-corrected chi connectivity index (χ3v) is 3.36. The summed E-state index contributed by atoms with van der Waals surface area (Å²) in [6.07, 6.45) is 6.04. The molecule has 0 bridgehead atoms. The Morgan fingerprint density at radius 3 is 2.40 bits per heavy atom. The summed E-state index contributed by atoms with van der Waals surface area (Å²) in [5.74, 6) is 1.08. The Kier molecular flexibility index (Phi) is 2.85. The summed E-state index contributed by atoms with van der Waals surface area (Å²) in [4.78, 5) is 0. The van der Waals surface area contributed by atoms with Crippen LogP contribution in [0.5, 0.6) is 11.5 Å². The van der Waals surface area contributed by atoms with Gasteiger partial charge in [-0.3, -0.25) is 0 Å². The van der Waals surface area contributed by atoms with E-state index in [0.717, 1.165) is 24.0 Å². The predicted octanol–water partition coefficient (Wildman–Crippen LogP) is 3.45. The van der Waals surface area contributed by atoms with Crippen LogP contribution in [0.25, 0.3) is 0 Å². The molecule has 1 aromatic rings. The van der Waals surface area contributed by atoms with Gasteiger partial charge in [-0.2, -0.15) is 0 Å². The standard InChI is InChI=1S/C13H18O2/c1-9-7-11(14)8-12(13(9)15)10-5-3-2-4-6-10/h7-8,10,14-15H,2-6H2,1H3. The minimum Gasteiger partial charge on any atom is -0.508 e. The molecule has 82 valence electrons. The van der Waals surface area contributed by atoms with E-state index in [1.165, 1.54) is 19.3 Å². The molecule has 0 saturated heterocycles. The number of rotatable bonds is 1. The molecule has 2 heteroatoms. The van der Waals surface area contributed by atoms with E-state index < -0.39 is 0 Å². The minimum atomic E-state index is 0.269. The molecule has 0 unspecified atom stereocenters. The number of phenolic OH excluding ortho intramolecular Hbond substituents is 2. The average Bonchev–Trinajstić information content (AvgIpc) is 2.24. The van der Waals surface area contributed by atoms with E-state index >= 15 is 0 Å². The highest BCUT2D eigenvalue weighted by Gasteiger charge is 2.20. The molecule has 0 spiro atoms. The Hall–Kier alpha value is -1.18. The van der Waals surface area contributed by atoms with Crippen molar-refractivity contribution in [3.63, 3.8) is 0 Å². The van der Waals surface area contributed by atoms with E-state index in [1.807, 2.05) is 6.92 Å². The number of hydrogen-bond donors (Lipinski definition) is 2. The van der Waals surface area contributed by atoms with Gasteiger partial charge in [-0.25, -0.2) is 0 Å². The zero-order chi connectivity index (χ0) is 10.8. The van der Waals surface area contributed by atoms with E-state index in [1.54, 1.807) is 12.1 Å². The molecule has 2 nitrogen and oxygen atoms in total. The smallest absolute Gasteiger partial charge is 0.122 e. The minimum absolute atomic E-state index is 0.269. The molecule has 2 rings (SSSR count). The quantitative estimate of drug-likeness (QED) is 0.691. The molecule has 1 saturated carbocycles. The zero-order valence-electron chi connectivity index (χ0n) is 9.16. The maximum atomic E-state index is 9.96. The fourth-order valence-corrected chi connectivity index (χ4v) is 2.51. The predicted molar refractivity (Wildman–Crippen MR) is 60.3 cm³/mol. The maximum Gasteiger partial charge on any atom is 0.122 e. The van der Waals surface area contributed by atoms with Crippen LogP contribution in [-0.2, 0) is 0 Å². The van der Waals surface area contributed by atoms with Crippen molar-refractivity contribution in [2.75, 3.05) is 0 Å². The molecule has 0 atom stereocenters. The number of benzene rings is 1. The molecule has 15 heavy (non-hydrogen) atoms. The van der Waals surface area contributed by atoms with Crippen LogP contribution in [0.1, 0.15) is 49.1 Å². The lowest BCUT2D eigenvalue weighted by Crippen LogP contribution is -2.05. The molecule has 0 aromatic heterocycles. The second-order valence-electron chi connectivity index (χ2n) is 4.54. The van der Waals surface area contributed by atoms with Gasteiger partial charge in [0.1, 0.15) is 11.5 Å². The summed E-state index contributed by atoms with van der Waals surface area (Å²) in [7, 11) is 0. The van der Waals surface area contributed by atoms with Gasteiger partial charge in [0.15, 0.2) is 0 Å². The van der Waals surface area contributed by atoms with Gasteiger partial charge < -0.3 is 10.2 Å². The first-order valence-electron chi connectivity index (χ1n) is 5.71. The van der Waals surface area contributed by atoms with Crippen molar-refractivity contribution in [2.45, 2.75) is 44.9 Å². The van der Waals surface area contributed by atoms with Gasteiger partial charge in [-0.15, -0.1) is 0 Å². The second kappa shape index (κ2) is 4.13. The fourth-order valence-electron chi connectivity index (χ4n) is 2.51. The number of phenols is 2. The summed E-state index contributed by atoms with van der Waals surface area (Å²) in [5, 5.41) is 19.5. The van der Waals surface area contributed by atoms with Crippen molar-refractivity contribution in [1.82, 2.24) is 0 Å². The van der Waals surface area contributed by atoms with Gasteiger partial charge in [0.25, 0.3) is 0 Å². The third kappa shape index (κ3) is 2.09. The van der Waals surface area contributed by atoms with Crippen LogP contribution in [0.15, 0.2) is 12.1 Å². The van der Waals surface area contributed by atoms with E-state index in [2.05, 4.69) is 0 Å². The summed E-state index contributed by atoms with van der Waals surface area (Å²) < 4.78 is 0. The fraction of sp³-hybridized carbons (Fsp3) is 0.538. The molecular formula is C13H18O2. The van der Waals surface area contributed by atoms with Crippen LogP contribution in [0.2, 0.25) is 0 Å². The Labute approximate surface area is 90.6 Å². The normalized spacial score (nSPS) is 17.9. The third-order valence-electron chi connectivity index (χ3n) is 3.36. The van der Waals surface area contributed by atoms with Crippen molar-refractivity contribution in [3.8, 4) is 11.5 Å². The Morgan fingerprint density at radius 1 is 1.07 bits per heavy atom. The number of hydrogen-bond acceptors (Lipinski definition) is 2. The molecule has 1 aliphatic carbocycles. The first-order chi connectivity index (χ1) is 7.18. The van der Waals surface area contributed by atoms with Gasteiger partial charge in [0.05, 0.1) is 0 Å². The van der Waals surface area contributed by atoms with Gasteiger partial charge in [-0.05, 0) is 43.4 Å². The number of aryl methyl sites for hydroxylation is 1. The van der Waals surface area contributed by atoms with E-state index in [4.69, 9.17) is 0 Å². The van der Waals surface area contributed by atoms with Crippen molar-refractivity contribution >= 4 is 0 Å². The first-order valence-corrected chi connectivity index (χ1v) is 5.71. The van der Waals surface area contributed by atoms with Crippen LogP contribution in [0.3, 0.4) is 0 Å². The first kappa shape index (κ1) is 10.3. The lowest BCUT2D eigenvalue weighted by molar-refractivity contribution is 0.407. The molecule has 1 aliphatic rings. The monoisotopic (exact) mass is 206 g/mol. The summed E-state index contributed by atoms with van der Waals surface area (Å²) >= 11 is 0. The van der Waals surface area contributed by atoms with E-state index in [9.17, 15) is 10.2 Å². The van der Waals surface area contributed by atoms with Crippen molar-refractivity contribution in [3.05, 3.63) is 23.3 Å². The van der Waals surface area contributed by atoms with Gasteiger partial charge in [0, 0.05) is 5.56 Å². The lowest BCUT2D eigenvalue weighted by atomic mass is 9.83. The summed E-state index contributed by atoms with van der Waals surface area (Å²) in [6, 6.07) is 3.33. The van der Waals surface area contributed by atoms with Gasteiger partial charge in [-0.1, -0.05) is 19.3 Å². The maximum absolute atomic E-state index is 9.96. The molecule has 1 aromatic carbocycles. The number of aromatic hydroxyl groups is 2. The van der Waals surface area contributed by atoms with E-state index in [-0.39, 0.29) is 5.75 Å². The Morgan fingerprint density at radius 2 is 1.73 bits per heavy atom. The van der Waals surface area contributed by atoms with Crippen LogP contribution >= 0.6 is 0 Å². The highest BCUT2D eigenvalue weighted by Crippen LogP contribution is 2.40. The SMILES string of the molecule is Cc1cc(O)cc(C2CCCCC2)c1O. The Bertz CT molecular complexity index is 352. The lowest BCUT2D eigenvalue weighted by Gasteiger charge is -2.23. The van der Waals surface area contributed by atoms with Crippen LogP contribution in [-0.4, -0.2) is 10.2 Å². The van der Waals surface area contributed by atoms with Crippen molar-refractivity contribution < 1.29 is 10.2 Å². The summed E-state index contributed by atoms with van der Waals surface area (Å²) in [6.45, 7) is 1.83. The molecular weight excluding hydrogens is 188 g/mol. The van der Waals surface area contributed by atoms with Crippen molar-refractivity contribution in [1.29, 1.82) is 0 Å². The largest absolute Gasteiger partial charge is 0.508 e. The molecule has 0 radical (unpaired) electrons. The molecule has 0 heterocycles. The highest BCUT2D eigenvalue weighted by atomic mass is 16.3. The molecule has 0 amide bonds. The summed E-state index contributed by atoms with van der Waals surface area (Å²) in [5.41, 5.74) is 1.71. The average molecular weight is 206 g/mol. The Balaban J connectivity index is 2.33. The van der Waals surface area contributed by atoms with Crippen LogP contribution < -0.4 is 0 Å². The van der Waals surface area contributed by atoms with Crippen molar-refractivity contribution in [2.24, 2.45) is 0 Å². The van der Waals surface area contributed by atoms with Gasteiger partial charge in [0.2, 0.25) is 0 Å². The molecule has 1 fully saturated rings. The van der Waals surface area contributed by atoms with Gasteiger partial charge >= 0.3 is 0 Å². The molecule has 0 aliphatic heterocycles. The second-order valence-corrected chi connectivity index (χ2v) is 4.54. The topological polar surface area (TPSA) is 40.5 Å². The van der Waals surface area contributed by atoms with Crippen LogP contribution in [0, 0.1) is 6.92 Å². The zero-order valence-corrected chi connectivity index (χ0v) is 9.16. The molecule has 2 N–H and O–H groups in total. The van der Waals surface area contributed by atoms with E-state index in [0.29, 0.717) is 11.7 Å².